The molecule has 0 fully saturated rings. The van der Waals surface area contributed by atoms with Crippen molar-refractivity contribution in [2.45, 2.75) is 25.7 Å². The van der Waals surface area contributed by atoms with Crippen molar-refractivity contribution in [2.75, 3.05) is 0 Å². The molecule has 1 atom stereocenters. The molecular weight excluding hydrogens is 326 g/mol. The first kappa shape index (κ1) is 16.4. The van der Waals surface area contributed by atoms with Crippen LogP contribution >= 0.6 is 11.6 Å². The molecule has 0 amide bonds. The fourth-order valence-corrected chi connectivity index (χ4v) is 3.35. The Balaban J connectivity index is 2.07. The summed E-state index contributed by atoms with van der Waals surface area (Å²) in [7, 11) is 0. The van der Waals surface area contributed by atoms with E-state index in [9.17, 15) is 0 Å². The molecule has 4 N–H and O–H groups in total. The maximum absolute atomic E-state index is 8.78. The molecule has 1 aliphatic carbocycles. The molecule has 1 heterocycles. The summed E-state index contributed by atoms with van der Waals surface area (Å²) in [5, 5.41) is 17.6. The predicted octanol–water partition coefficient (Wildman–Crippen LogP) is 2.77. The van der Waals surface area contributed by atoms with Crippen molar-refractivity contribution in [1.29, 1.82) is 0 Å². The van der Waals surface area contributed by atoms with Gasteiger partial charge in [-0.3, -0.25) is 10.2 Å². The van der Waals surface area contributed by atoms with Gasteiger partial charge in [0.25, 0.3) is 0 Å². The highest BCUT2D eigenvalue weighted by atomic mass is 35.5. The summed E-state index contributed by atoms with van der Waals surface area (Å²) in [5.74, 6) is 0.00298. The first-order chi connectivity index (χ1) is 11.6. The van der Waals surface area contributed by atoms with Crippen molar-refractivity contribution in [3.63, 3.8) is 0 Å². The van der Waals surface area contributed by atoms with Crippen LogP contribution in [0.5, 0.6) is 0 Å². The van der Waals surface area contributed by atoms with Crippen LogP contribution in [0.3, 0.4) is 0 Å². The predicted molar refractivity (Wildman–Crippen MR) is 94.6 cm³/mol. The molecule has 1 aromatic carbocycles. The van der Waals surface area contributed by atoms with Gasteiger partial charge in [0.05, 0.1) is 11.4 Å². The Hall–Kier alpha value is -2.44. The van der Waals surface area contributed by atoms with Gasteiger partial charge in [0, 0.05) is 16.8 Å². The van der Waals surface area contributed by atoms with Gasteiger partial charge in [-0.15, -0.1) is 5.10 Å². The van der Waals surface area contributed by atoms with E-state index in [1.54, 1.807) is 11.7 Å². The number of nitrogens with two attached hydrogens (primary N) is 1. The summed E-state index contributed by atoms with van der Waals surface area (Å²) in [6.45, 7) is 2.02. The second kappa shape index (κ2) is 6.98. The number of hydrogen-bond donors (Lipinski definition) is 3. The van der Waals surface area contributed by atoms with Crippen LogP contribution in [0.4, 0.5) is 0 Å². The highest BCUT2D eigenvalue weighted by molar-refractivity contribution is 6.31. The van der Waals surface area contributed by atoms with Crippen LogP contribution in [0.15, 0.2) is 46.7 Å². The Bertz CT molecular complexity index is 818. The monoisotopic (exact) mass is 343 g/mol. The summed E-state index contributed by atoms with van der Waals surface area (Å²) in [5.41, 5.74) is 12.1. The van der Waals surface area contributed by atoms with Crippen molar-refractivity contribution in [3.05, 3.63) is 63.9 Å². The number of hydrogen-bond acceptors (Lipinski definition) is 4. The fourth-order valence-electron chi connectivity index (χ4n) is 3.06. The van der Waals surface area contributed by atoms with Crippen LogP contribution in [0.1, 0.15) is 34.7 Å². The van der Waals surface area contributed by atoms with E-state index in [4.69, 9.17) is 22.5 Å². The highest BCUT2D eigenvalue weighted by Crippen LogP contribution is 2.36. The van der Waals surface area contributed by atoms with E-state index in [2.05, 4.69) is 15.2 Å². The number of rotatable bonds is 2. The van der Waals surface area contributed by atoms with Gasteiger partial charge in [0.1, 0.15) is 0 Å². The van der Waals surface area contributed by atoms with E-state index < -0.39 is 0 Å². The third-order valence-corrected chi connectivity index (χ3v) is 4.49. The Kier molecular flexibility index (Phi) is 4.78. The minimum Gasteiger partial charge on any atom is -0.367 e. The van der Waals surface area contributed by atoms with Gasteiger partial charge >= 0.3 is 0 Å². The van der Waals surface area contributed by atoms with Crippen LogP contribution in [-0.2, 0) is 6.42 Å². The van der Waals surface area contributed by atoms with Crippen LogP contribution in [0.25, 0.3) is 0 Å². The molecule has 3 rings (SSSR count). The summed E-state index contributed by atoms with van der Waals surface area (Å²) < 4.78 is 0. The fraction of sp³-hybridized carbons (Fsp3) is 0.235. The van der Waals surface area contributed by atoms with E-state index >= 15 is 0 Å². The highest BCUT2D eigenvalue weighted by Gasteiger charge is 2.28. The van der Waals surface area contributed by atoms with E-state index in [-0.39, 0.29) is 11.9 Å². The Morgan fingerprint density at radius 2 is 2.12 bits per heavy atom. The molecule has 1 aromatic heterocycles. The molecule has 124 valence electrons. The maximum Gasteiger partial charge on any atom is 0.237 e. The molecule has 6 nitrogen and oxygen atoms in total. The number of nitrogens with one attached hydrogen (secondary N) is 1. The molecule has 0 spiro atoms. The molecule has 0 bridgehead atoms. The third-order valence-electron chi connectivity index (χ3n) is 4.14. The van der Waals surface area contributed by atoms with E-state index in [0.29, 0.717) is 6.42 Å². The number of pyridine rings is 1. The zero-order valence-corrected chi connectivity index (χ0v) is 14.0. The number of hydroxylamine groups is 1. The molecule has 7 heteroatoms. The minimum absolute atomic E-state index is 0.162. The number of nitrogens with zero attached hydrogens (tertiary/aromatic N) is 3. The van der Waals surface area contributed by atoms with Crippen molar-refractivity contribution >= 4 is 23.3 Å². The molecule has 0 aliphatic heterocycles. The molecule has 1 unspecified atom stereocenters. The molecule has 0 saturated carbocycles. The van der Waals surface area contributed by atoms with Crippen LogP contribution in [0.2, 0.25) is 5.02 Å². The lowest BCUT2D eigenvalue weighted by atomic mass is 9.80. The van der Waals surface area contributed by atoms with Gasteiger partial charge in [-0.05, 0) is 48.9 Å². The van der Waals surface area contributed by atoms with Crippen molar-refractivity contribution in [1.82, 2.24) is 10.5 Å². The van der Waals surface area contributed by atoms with Crippen LogP contribution in [0, 0.1) is 6.92 Å². The van der Waals surface area contributed by atoms with Crippen molar-refractivity contribution in [3.8, 4) is 0 Å². The second-order valence-corrected chi connectivity index (χ2v) is 6.13. The number of aryl methyl sites for hydroxylation is 1. The van der Waals surface area contributed by atoms with Crippen molar-refractivity contribution < 1.29 is 5.21 Å². The van der Waals surface area contributed by atoms with Crippen LogP contribution in [-0.4, -0.2) is 21.9 Å². The van der Waals surface area contributed by atoms with Gasteiger partial charge in [-0.25, -0.2) is 5.48 Å². The number of guanidine groups is 1. The molecule has 0 saturated heterocycles. The summed E-state index contributed by atoms with van der Waals surface area (Å²) >= 11 is 6.36. The minimum atomic E-state index is -0.162. The first-order valence-corrected chi connectivity index (χ1v) is 7.97. The van der Waals surface area contributed by atoms with E-state index in [1.807, 2.05) is 37.3 Å². The lowest BCUT2D eigenvalue weighted by molar-refractivity contribution is 0.232. The molecular formula is C17H18ClN5O. The number of fused-ring (bicyclic) bond motifs is 1. The van der Waals surface area contributed by atoms with Gasteiger partial charge in [-0.1, -0.05) is 29.8 Å². The smallest absolute Gasteiger partial charge is 0.237 e. The molecule has 2 aromatic rings. The third kappa shape index (κ3) is 3.25. The van der Waals surface area contributed by atoms with Gasteiger partial charge in [0.15, 0.2) is 0 Å². The second-order valence-electron chi connectivity index (χ2n) is 5.72. The zero-order chi connectivity index (χ0) is 17.1. The summed E-state index contributed by atoms with van der Waals surface area (Å²) in [6.07, 6.45) is 3.26. The summed E-state index contributed by atoms with van der Waals surface area (Å²) in [4.78, 5) is 4.51. The quantitative estimate of drug-likeness (QED) is 0.444. The van der Waals surface area contributed by atoms with E-state index in [1.165, 1.54) is 0 Å². The lowest BCUT2D eigenvalue weighted by Gasteiger charge is -2.26. The Morgan fingerprint density at radius 3 is 2.88 bits per heavy atom. The average Bonchev–Trinajstić information content (AvgIpc) is 2.59. The summed E-state index contributed by atoms with van der Waals surface area (Å²) in [6, 6.07) is 9.75. The number of aromatic nitrogens is 1. The van der Waals surface area contributed by atoms with Crippen molar-refractivity contribution in [2.24, 2.45) is 15.9 Å². The van der Waals surface area contributed by atoms with Crippen LogP contribution < -0.4 is 11.2 Å². The number of halogens is 1. The zero-order valence-electron chi connectivity index (χ0n) is 13.2. The molecule has 24 heavy (non-hydrogen) atoms. The normalized spacial score (nSPS) is 19.2. The topological polar surface area (TPSA) is 95.9 Å². The molecule has 0 radical (unpaired) electrons. The SMILES string of the molecule is Cc1ccnc2c1/C(=N\N=C(N)NO)CC(c1ccccc1Cl)C2. The standard InChI is InChI=1S/C17H18ClN5O/c1-10-6-7-20-14-8-11(12-4-2-3-5-13(12)18)9-15(16(10)14)21-22-17(19)23-24/h2-7,11,24H,8-9H2,1H3,(H3,19,22,23)/b21-15-. The number of benzene rings is 1. The first-order valence-electron chi connectivity index (χ1n) is 7.59. The average molecular weight is 344 g/mol. The lowest BCUT2D eigenvalue weighted by Crippen LogP contribution is -2.28. The Labute approximate surface area is 145 Å². The molecule has 1 aliphatic rings. The van der Waals surface area contributed by atoms with E-state index in [0.717, 1.165) is 39.5 Å². The maximum atomic E-state index is 8.78. The largest absolute Gasteiger partial charge is 0.367 e. The van der Waals surface area contributed by atoms with Gasteiger partial charge in [0.2, 0.25) is 5.96 Å². The Morgan fingerprint density at radius 1 is 1.33 bits per heavy atom. The van der Waals surface area contributed by atoms with Gasteiger partial charge in [-0.2, -0.15) is 5.10 Å². The van der Waals surface area contributed by atoms with Gasteiger partial charge < -0.3 is 5.73 Å².